The molecule has 4 aromatic rings. The van der Waals surface area contributed by atoms with E-state index in [9.17, 15) is 14.7 Å². The Hall–Kier alpha value is -3.92. The SMILES string of the molecule is CC(C)Oc1ccc(C(=O)NC(CNC(=O)CO)Cc2ccc(-c3cn4cccc(C(C)O)c4n3)cc2)cc1Cl. The number of nitrogens with zero attached hydrogens (tertiary/aromatic N) is 2. The molecule has 10 heteroatoms. The van der Waals surface area contributed by atoms with Crippen molar-refractivity contribution in [1.29, 1.82) is 0 Å². The Labute approximate surface area is 237 Å². The van der Waals surface area contributed by atoms with E-state index in [1.807, 2.05) is 67.0 Å². The first-order valence-corrected chi connectivity index (χ1v) is 13.4. The number of ether oxygens (including phenoxy) is 1. The number of halogens is 1. The van der Waals surface area contributed by atoms with E-state index in [2.05, 4.69) is 10.6 Å². The average Bonchev–Trinajstić information content (AvgIpc) is 3.37. The van der Waals surface area contributed by atoms with Crippen molar-refractivity contribution in [3.05, 3.63) is 88.7 Å². The first-order valence-electron chi connectivity index (χ1n) is 13.0. The number of carbonyl (C=O) groups excluding carboxylic acids is 2. The van der Waals surface area contributed by atoms with E-state index in [4.69, 9.17) is 26.4 Å². The van der Waals surface area contributed by atoms with Gasteiger partial charge in [0.05, 0.1) is 29.0 Å². The van der Waals surface area contributed by atoms with Gasteiger partial charge in [0.25, 0.3) is 5.91 Å². The van der Waals surface area contributed by atoms with E-state index in [0.717, 1.165) is 22.4 Å². The number of fused-ring (bicyclic) bond motifs is 1. The molecule has 2 aromatic heterocycles. The van der Waals surface area contributed by atoms with Crippen LogP contribution in [0.1, 0.15) is 48.4 Å². The number of hydrogen-bond donors (Lipinski definition) is 4. The number of amides is 2. The Morgan fingerprint density at radius 3 is 2.50 bits per heavy atom. The van der Waals surface area contributed by atoms with Crippen molar-refractivity contribution in [1.82, 2.24) is 20.0 Å². The molecule has 0 aliphatic rings. The number of aromatic nitrogens is 2. The summed E-state index contributed by atoms with van der Waals surface area (Å²) in [6.07, 6.45) is 3.53. The van der Waals surface area contributed by atoms with Crippen molar-refractivity contribution in [2.75, 3.05) is 13.2 Å². The van der Waals surface area contributed by atoms with Gasteiger partial charge in [0.2, 0.25) is 5.91 Å². The van der Waals surface area contributed by atoms with Crippen LogP contribution >= 0.6 is 11.6 Å². The maximum Gasteiger partial charge on any atom is 0.251 e. The highest BCUT2D eigenvalue weighted by Gasteiger charge is 2.18. The molecule has 0 bridgehead atoms. The summed E-state index contributed by atoms with van der Waals surface area (Å²) in [5, 5.41) is 25.1. The Morgan fingerprint density at radius 2 is 1.85 bits per heavy atom. The van der Waals surface area contributed by atoms with E-state index in [-0.39, 0.29) is 18.6 Å². The fraction of sp³-hybridized carbons (Fsp3) is 0.300. The summed E-state index contributed by atoms with van der Waals surface area (Å²) in [5.41, 5.74) is 4.40. The van der Waals surface area contributed by atoms with E-state index in [0.29, 0.717) is 28.4 Å². The summed E-state index contributed by atoms with van der Waals surface area (Å²) in [4.78, 5) is 29.5. The van der Waals surface area contributed by atoms with E-state index < -0.39 is 24.7 Å². The first kappa shape index (κ1) is 29.1. The van der Waals surface area contributed by atoms with Gasteiger partial charge in [0.15, 0.2) is 0 Å². The molecule has 0 fully saturated rings. The fourth-order valence-corrected chi connectivity index (χ4v) is 4.55. The lowest BCUT2D eigenvalue weighted by molar-refractivity contribution is -0.123. The van der Waals surface area contributed by atoms with Crippen molar-refractivity contribution >= 4 is 29.1 Å². The number of rotatable bonds is 11. The van der Waals surface area contributed by atoms with Crippen molar-refractivity contribution < 1.29 is 24.5 Å². The first-order chi connectivity index (χ1) is 19.1. The van der Waals surface area contributed by atoms with Gasteiger partial charge in [-0.3, -0.25) is 9.59 Å². The van der Waals surface area contributed by atoms with Gasteiger partial charge in [-0.15, -0.1) is 0 Å². The molecule has 2 atom stereocenters. The third-order valence-electron chi connectivity index (χ3n) is 6.28. The largest absolute Gasteiger partial charge is 0.489 e. The molecule has 9 nitrogen and oxygen atoms in total. The summed E-state index contributed by atoms with van der Waals surface area (Å²) in [6, 6.07) is 15.9. The number of aliphatic hydroxyl groups is 2. The van der Waals surface area contributed by atoms with Crippen LogP contribution < -0.4 is 15.4 Å². The Kier molecular flexibility index (Phi) is 9.42. The zero-order valence-electron chi connectivity index (χ0n) is 22.6. The number of nitrogens with one attached hydrogen (secondary N) is 2. The van der Waals surface area contributed by atoms with Gasteiger partial charge in [-0.1, -0.05) is 41.9 Å². The third kappa shape index (κ3) is 7.18. The van der Waals surface area contributed by atoms with Gasteiger partial charge < -0.3 is 30.0 Å². The van der Waals surface area contributed by atoms with Crippen molar-refractivity contribution in [3.8, 4) is 17.0 Å². The topological polar surface area (TPSA) is 125 Å². The van der Waals surface area contributed by atoms with Crippen molar-refractivity contribution in [2.45, 2.75) is 45.4 Å². The quantitative estimate of drug-likeness (QED) is 0.219. The standard InChI is InChI=1S/C30H33ClN4O5/c1-18(2)40-27-11-10-22(14-25(27)31)30(39)33-23(15-32-28(38)17-36)13-20-6-8-21(9-7-20)26-16-35-12-4-5-24(19(3)37)29(35)34-26/h4-12,14,16,18-19,23,36-37H,13,15,17H2,1-3H3,(H,32,38)(H,33,39). The Balaban J connectivity index is 1.50. The van der Waals surface area contributed by atoms with E-state index in [1.54, 1.807) is 25.1 Å². The molecule has 0 saturated heterocycles. The fourth-order valence-electron chi connectivity index (χ4n) is 4.32. The van der Waals surface area contributed by atoms with Crippen LogP contribution in [0.3, 0.4) is 0 Å². The van der Waals surface area contributed by atoms with Crippen LogP contribution in [0.5, 0.6) is 5.75 Å². The smallest absolute Gasteiger partial charge is 0.251 e. The molecular formula is C30H33ClN4O5. The van der Waals surface area contributed by atoms with Crippen molar-refractivity contribution in [2.24, 2.45) is 0 Å². The molecule has 0 aliphatic carbocycles. The minimum atomic E-state index is -0.641. The molecule has 2 aromatic carbocycles. The third-order valence-corrected chi connectivity index (χ3v) is 6.57. The van der Waals surface area contributed by atoms with Crippen LogP contribution in [0.15, 0.2) is 67.0 Å². The highest BCUT2D eigenvalue weighted by Crippen LogP contribution is 2.27. The number of benzene rings is 2. The maximum absolute atomic E-state index is 13.0. The van der Waals surface area contributed by atoms with Crippen molar-refractivity contribution in [3.63, 3.8) is 0 Å². The maximum atomic E-state index is 13.0. The van der Waals surface area contributed by atoms with Gasteiger partial charge in [-0.25, -0.2) is 4.98 Å². The van der Waals surface area contributed by atoms with Crippen LogP contribution in [0.25, 0.3) is 16.9 Å². The lowest BCUT2D eigenvalue weighted by Gasteiger charge is -2.20. The molecule has 2 amide bonds. The Bertz CT molecular complexity index is 1480. The molecule has 0 radical (unpaired) electrons. The number of pyridine rings is 1. The summed E-state index contributed by atoms with van der Waals surface area (Å²) in [7, 11) is 0. The van der Waals surface area contributed by atoms with Gasteiger partial charge in [0, 0.05) is 35.6 Å². The molecule has 210 valence electrons. The molecule has 0 aliphatic heterocycles. The number of imidazole rings is 1. The average molecular weight is 565 g/mol. The van der Waals surface area contributed by atoms with E-state index in [1.165, 1.54) is 0 Å². The minimum absolute atomic E-state index is 0.0579. The number of hydrogen-bond acceptors (Lipinski definition) is 6. The minimum Gasteiger partial charge on any atom is -0.489 e. The van der Waals surface area contributed by atoms with Crippen LogP contribution in [0, 0.1) is 0 Å². The predicted octanol–water partition coefficient (Wildman–Crippen LogP) is 3.94. The molecule has 40 heavy (non-hydrogen) atoms. The second kappa shape index (κ2) is 13.0. The molecule has 0 spiro atoms. The Morgan fingerprint density at radius 1 is 1.10 bits per heavy atom. The number of carbonyl (C=O) groups is 2. The summed E-state index contributed by atoms with van der Waals surface area (Å²) in [6.45, 7) is 4.97. The second-order valence-electron chi connectivity index (χ2n) is 9.84. The second-order valence-corrected chi connectivity index (χ2v) is 10.2. The highest BCUT2D eigenvalue weighted by atomic mass is 35.5. The van der Waals surface area contributed by atoms with Gasteiger partial charge in [-0.2, -0.15) is 0 Å². The monoisotopic (exact) mass is 564 g/mol. The number of aliphatic hydroxyl groups excluding tert-OH is 2. The molecule has 2 unspecified atom stereocenters. The summed E-state index contributed by atoms with van der Waals surface area (Å²) in [5.74, 6) is -0.388. The van der Waals surface area contributed by atoms with Gasteiger partial charge in [0.1, 0.15) is 18.0 Å². The zero-order chi connectivity index (χ0) is 28.8. The van der Waals surface area contributed by atoms with Crippen LogP contribution in [0.4, 0.5) is 0 Å². The van der Waals surface area contributed by atoms with Crippen LogP contribution in [-0.2, 0) is 11.2 Å². The lowest BCUT2D eigenvalue weighted by Crippen LogP contribution is -2.45. The van der Waals surface area contributed by atoms with Gasteiger partial charge in [-0.05, 0) is 57.0 Å². The summed E-state index contributed by atoms with van der Waals surface area (Å²) >= 11 is 6.31. The summed E-state index contributed by atoms with van der Waals surface area (Å²) < 4.78 is 7.52. The van der Waals surface area contributed by atoms with Crippen LogP contribution in [0.2, 0.25) is 5.02 Å². The molecule has 2 heterocycles. The highest BCUT2D eigenvalue weighted by molar-refractivity contribution is 6.32. The molecule has 4 N–H and O–H groups in total. The zero-order valence-corrected chi connectivity index (χ0v) is 23.4. The van der Waals surface area contributed by atoms with Gasteiger partial charge >= 0.3 is 0 Å². The normalized spacial score (nSPS) is 12.8. The van der Waals surface area contributed by atoms with E-state index >= 15 is 0 Å². The molecular weight excluding hydrogens is 532 g/mol. The molecule has 4 rings (SSSR count). The lowest BCUT2D eigenvalue weighted by atomic mass is 10.0. The predicted molar refractivity (Wildman–Crippen MR) is 154 cm³/mol. The molecule has 0 saturated carbocycles. The van der Waals surface area contributed by atoms with Crippen LogP contribution in [-0.4, -0.2) is 56.7 Å².